The van der Waals surface area contributed by atoms with Gasteiger partial charge in [-0.2, -0.15) is 0 Å². The van der Waals surface area contributed by atoms with Crippen LogP contribution >= 0.6 is 0 Å². The van der Waals surface area contributed by atoms with E-state index in [9.17, 15) is 9.59 Å². The second-order valence-corrected chi connectivity index (χ2v) is 6.95. The smallest absolute Gasteiger partial charge is 0.340 e. The Morgan fingerprint density at radius 2 is 1.96 bits per heavy atom. The van der Waals surface area contributed by atoms with Gasteiger partial charge in [0, 0.05) is 47.4 Å². The van der Waals surface area contributed by atoms with Gasteiger partial charge >= 0.3 is 5.97 Å². The van der Waals surface area contributed by atoms with Crippen molar-refractivity contribution in [3.05, 3.63) is 58.0 Å². The van der Waals surface area contributed by atoms with Crippen molar-refractivity contribution in [2.75, 3.05) is 13.2 Å². The van der Waals surface area contributed by atoms with Crippen LogP contribution in [0.25, 0.3) is 10.9 Å². The quantitative estimate of drug-likeness (QED) is 0.698. The number of esters is 1. The van der Waals surface area contributed by atoms with Crippen LogP contribution in [-0.2, 0) is 17.7 Å². The Morgan fingerprint density at radius 1 is 1.19 bits per heavy atom. The summed E-state index contributed by atoms with van der Waals surface area (Å²) in [7, 11) is 0. The zero-order valence-electron chi connectivity index (χ0n) is 15.8. The Bertz CT molecular complexity index is 1040. The number of ether oxygens (including phenoxy) is 1. The number of aromatic amines is 2. The number of carbonyl (C=O) groups excluding carboxylic acids is 2. The molecule has 4 rings (SSSR count). The van der Waals surface area contributed by atoms with E-state index in [1.807, 2.05) is 17.0 Å². The van der Waals surface area contributed by atoms with Gasteiger partial charge < -0.3 is 19.6 Å². The summed E-state index contributed by atoms with van der Waals surface area (Å²) in [5.41, 5.74) is 5.74. The van der Waals surface area contributed by atoms with Crippen molar-refractivity contribution < 1.29 is 14.3 Å². The van der Waals surface area contributed by atoms with Gasteiger partial charge in [0.2, 0.25) is 0 Å². The number of nitrogens with one attached hydrogen (secondary N) is 2. The summed E-state index contributed by atoms with van der Waals surface area (Å²) in [5, 5.41) is 1.16. The average molecular weight is 365 g/mol. The Kier molecular flexibility index (Phi) is 4.26. The molecule has 27 heavy (non-hydrogen) atoms. The third kappa shape index (κ3) is 2.81. The number of rotatable bonds is 3. The minimum absolute atomic E-state index is 0.0814. The van der Waals surface area contributed by atoms with Crippen LogP contribution in [0.2, 0.25) is 0 Å². The van der Waals surface area contributed by atoms with Crippen molar-refractivity contribution in [3.63, 3.8) is 0 Å². The lowest BCUT2D eigenvalue weighted by Crippen LogP contribution is -2.36. The largest absolute Gasteiger partial charge is 0.462 e. The van der Waals surface area contributed by atoms with Crippen LogP contribution < -0.4 is 0 Å². The van der Waals surface area contributed by atoms with E-state index in [-0.39, 0.29) is 11.9 Å². The molecule has 0 radical (unpaired) electrons. The van der Waals surface area contributed by atoms with E-state index in [4.69, 9.17) is 4.74 Å². The predicted octanol–water partition coefficient (Wildman–Crippen LogP) is 3.49. The number of fused-ring (bicyclic) bond motifs is 3. The molecule has 0 bridgehead atoms. The Labute approximate surface area is 157 Å². The monoisotopic (exact) mass is 365 g/mol. The molecule has 1 aliphatic rings. The maximum atomic E-state index is 13.2. The van der Waals surface area contributed by atoms with Gasteiger partial charge in [0.05, 0.1) is 12.2 Å². The molecule has 6 nitrogen and oxygen atoms in total. The number of aryl methyl sites for hydroxylation is 1. The molecule has 140 valence electrons. The lowest BCUT2D eigenvalue weighted by Gasteiger charge is -2.27. The first-order valence-corrected chi connectivity index (χ1v) is 9.25. The number of aromatic nitrogens is 2. The second-order valence-electron chi connectivity index (χ2n) is 6.95. The SMILES string of the molecule is CCOC(=O)c1c(C)[nH]c(C(=O)N2CCc3[nH]c4ccccc4c3C2)c1C. The third-order valence-electron chi connectivity index (χ3n) is 5.30. The second kappa shape index (κ2) is 6.61. The summed E-state index contributed by atoms with van der Waals surface area (Å²) in [6, 6.07) is 8.17. The Morgan fingerprint density at radius 3 is 2.74 bits per heavy atom. The molecule has 0 unspecified atom stereocenters. The van der Waals surface area contributed by atoms with Crippen LogP contribution in [-0.4, -0.2) is 39.9 Å². The first kappa shape index (κ1) is 17.4. The standard InChI is InChI=1S/C21H23N3O3/c1-4-27-21(26)18-12(2)19(22-13(18)3)20(25)24-10-9-17-15(11-24)14-7-5-6-8-16(14)23-17/h5-8,22-23H,4,9-11H2,1-3H3. The van der Waals surface area contributed by atoms with Crippen LogP contribution in [0, 0.1) is 13.8 Å². The first-order chi connectivity index (χ1) is 13.0. The molecule has 3 heterocycles. The highest BCUT2D eigenvalue weighted by Crippen LogP contribution is 2.29. The number of benzene rings is 1. The minimum atomic E-state index is -0.389. The summed E-state index contributed by atoms with van der Waals surface area (Å²) in [5.74, 6) is -0.470. The van der Waals surface area contributed by atoms with Gasteiger partial charge in [-0.3, -0.25) is 4.79 Å². The molecule has 0 atom stereocenters. The first-order valence-electron chi connectivity index (χ1n) is 9.25. The number of nitrogens with zero attached hydrogens (tertiary/aromatic N) is 1. The fourth-order valence-electron chi connectivity index (χ4n) is 3.97. The molecule has 2 N–H and O–H groups in total. The van der Waals surface area contributed by atoms with E-state index in [2.05, 4.69) is 22.1 Å². The van der Waals surface area contributed by atoms with Gasteiger partial charge in [0.15, 0.2) is 0 Å². The summed E-state index contributed by atoms with van der Waals surface area (Å²) >= 11 is 0. The predicted molar refractivity (Wildman–Crippen MR) is 103 cm³/mol. The lowest BCUT2D eigenvalue weighted by molar-refractivity contribution is 0.0525. The minimum Gasteiger partial charge on any atom is -0.462 e. The van der Waals surface area contributed by atoms with E-state index in [1.165, 1.54) is 11.3 Å². The molecule has 0 saturated heterocycles. The van der Waals surface area contributed by atoms with E-state index in [1.54, 1.807) is 20.8 Å². The molecule has 1 amide bonds. The molecule has 6 heteroatoms. The molecule has 1 aliphatic heterocycles. The third-order valence-corrected chi connectivity index (χ3v) is 5.30. The van der Waals surface area contributed by atoms with Crippen molar-refractivity contribution in [1.29, 1.82) is 0 Å². The number of carbonyl (C=O) groups is 2. The van der Waals surface area contributed by atoms with E-state index < -0.39 is 0 Å². The van der Waals surface area contributed by atoms with Crippen LogP contribution in [0.3, 0.4) is 0 Å². The molecule has 0 saturated carbocycles. The number of hydrogen-bond donors (Lipinski definition) is 2. The number of H-pyrrole nitrogens is 2. The van der Waals surface area contributed by atoms with Crippen LogP contribution in [0.1, 0.15) is 50.3 Å². The van der Waals surface area contributed by atoms with Gasteiger partial charge in [-0.25, -0.2) is 4.79 Å². The average Bonchev–Trinajstić information content (AvgIpc) is 3.17. The number of hydrogen-bond acceptors (Lipinski definition) is 3. The van der Waals surface area contributed by atoms with Crippen molar-refractivity contribution in [2.45, 2.75) is 33.7 Å². The molecular formula is C21H23N3O3. The fraction of sp³-hybridized carbons (Fsp3) is 0.333. The van der Waals surface area contributed by atoms with E-state index in [0.717, 1.165) is 17.3 Å². The van der Waals surface area contributed by atoms with Gasteiger partial charge in [-0.1, -0.05) is 18.2 Å². The highest BCUT2D eigenvalue weighted by molar-refractivity contribution is 6.00. The molecule has 0 spiro atoms. The molecule has 0 fully saturated rings. The molecule has 0 aliphatic carbocycles. The summed E-state index contributed by atoms with van der Waals surface area (Å²) < 4.78 is 5.12. The zero-order chi connectivity index (χ0) is 19.1. The zero-order valence-corrected chi connectivity index (χ0v) is 15.8. The van der Waals surface area contributed by atoms with Crippen LogP contribution in [0.5, 0.6) is 0 Å². The lowest BCUT2D eigenvalue weighted by atomic mass is 10.0. The molecule has 3 aromatic rings. The van der Waals surface area contributed by atoms with Crippen molar-refractivity contribution in [3.8, 4) is 0 Å². The van der Waals surface area contributed by atoms with Crippen LogP contribution in [0.4, 0.5) is 0 Å². The summed E-state index contributed by atoms with van der Waals surface area (Å²) in [4.78, 5) is 33.8. The Hall–Kier alpha value is -3.02. The van der Waals surface area contributed by atoms with Gasteiger partial charge in [0.25, 0.3) is 5.91 Å². The topological polar surface area (TPSA) is 78.2 Å². The van der Waals surface area contributed by atoms with Gasteiger partial charge in [-0.05, 0) is 32.4 Å². The highest BCUT2D eigenvalue weighted by atomic mass is 16.5. The van der Waals surface area contributed by atoms with E-state index >= 15 is 0 Å². The van der Waals surface area contributed by atoms with E-state index in [0.29, 0.717) is 42.2 Å². The van der Waals surface area contributed by atoms with Crippen LogP contribution in [0.15, 0.2) is 24.3 Å². The Balaban J connectivity index is 1.65. The van der Waals surface area contributed by atoms with Crippen molar-refractivity contribution in [1.82, 2.24) is 14.9 Å². The van der Waals surface area contributed by atoms with Gasteiger partial charge in [0.1, 0.15) is 5.69 Å². The maximum absolute atomic E-state index is 13.2. The fourth-order valence-corrected chi connectivity index (χ4v) is 3.97. The molecule has 1 aromatic carbocycles. The van der Waals surface area contributed by atoms with Crippen molar-refractivity contribution in [2.24, 2.45) is 0 Å². The summed E-state index contributed by atoms with van der Waals surface area (Å²) in [6.45, 7) is 6.87. The highest BCUT2D eigenvalue weighted by Gasteiger charge is 2.29. The molecule has 2 aromatic heterocycles. The number of para-hydroxylation sites is 1. The molecular weight excluding hydrogens is 342 g/mol. The van der Waals surface area contributed by atoms with Crippen molar-refractivity contribution >= 4 is 22.8 Å². The summed E-state index contributed by atoms with van der Waals surface area (Å²) in [6.07, 6.45) is 0.791. The number of amides is 1. The maximum Gasteiger partial charge on any atom is 0.340 e. The van der Waals surface area contributed by atoms with Gasteiger partial charge in [-0.15, -0.1) is 0 Å². The normalized spacial score (nSPS) is 13.7.